The molecule has 0 aliphatic rings. The Kier molecular flexibility index (Phi) is 5.88. The van der Waals surface area contributed by atoms with Crippen LogP contribution >= 0.6 is 22.9 Å². The summed E-state index contributed by atoms with van der Waals surface area (Å²) in [5.74, 6) is -0.840. The van der Waals surface area contributed by atoms with E-state index in [4.69, 9.17) is 16.3 Å². The summed E-state index contributed by atoms with van der Waals surface area (Å²) in [5, 5.41) is 0.555. The molecule has 3 aromatic rings. The van der Waals surface area contributed by atoms with Crippen molar-refractivity contribution in [3.8, 4) is 0 Å². The summed E-state index contributed by atoms with van der Waals surface area (Å²) < 4.78 is 7.40. The topological polar surface area (TPSA) is 60.7 Å². The lowest BCUT2D eigenvalue weighted by molar-refractivity contribution is -0.141. The molecule has 0 aliphatic carbocycles. The SMILES string of the molecule is COC(=O)Cn1c(=NC(=O)C=Cc2ccccc2Cl)sc2cc(C)ccc21. The van der Waals surface area contributed by atoms with Gasteiger partial charge in [0.25, 0.3) is 5.91 Å². The molecule has 0 unspecified atom stereocenters. The zero-order chi connectivity index (χ0) is 19.4. The number of amides is 1. The van der Waals surface area contributed by atoms with E-state index in [0.29, 0.717) is 9.82 Å². The van der Waals surface area contributed by atoms with Crippen LogP contribution in [0.1, 0.15) is 11.1 Å². The smallest absolute Gasteiger partial charge is 0.325 e. The van der Waals surface area contributed by atoms with Gasteiger partial charge in [-0.25, -0.2) is 0 Å². The van der Waals surface area contributed by atoms with Gasteiger partial charge in [-0.05, 0) is 42.3 Å². The van der Waals surface area contributed by atoms with Crippen LogP contribution < -0.4 is 4.80 Å². The Bertz CT molecular complexity index is 1110. The second kappa shape index (κ2) is 8.33. The fourth-order valence-electron chi connectivity index (χ4n) is 2.52. The lowest BCUT2D eigenvalue weighted by Crippen LogP contribution is -2.22. The molecule has 0 fully saturated rings. The van der Waals surface area contributed by atoms with Gasteiger partial charge < -0.3 is 9.30 Å². The van der Waals surface area contributed by atoms with Gasteiger partial charge in [-0.2, -0.15) is 4.99 Å². The highest BCUT2D eigenvalue weighted by molar-refractivity contribution is 7.16. The summed E-state index contributed by atoms with van der Waals surface area (Å²) in [4.78, 5) is 28.7. The molecule has 0 radical (unpaired) electrons. The van der Waals surface area contributed by atoms with Crippen LogP contribution in [0, 0.1) is 6.92 Å². The van der Waals surface area contributed by atoms with Gasteiger partial charge in [-0.3, -0.25) is 9.59 Å². The van der Waals surface area contributed by atoms with E-state index in [-0.39, 0.29) is 6.54 Å². The van der Waals surface area contributed by atoms with Crippen molar-refractivity contribution in [2.75, 3.05) is 7.11 Å². The van der Waals surface area contributed by atoms with Crippen molar-refractivity contribution in [3.05, 3.63) is 69.5 Å². The minimum Gasteiger partial charge on any atom is -0.468 e. The van der Waals surface area contributed by atoms with Crippen LogP contribution in [0.15, 0.2) is 53.5 Å². The molecule has 0 spiro atoms. The number of benzene rings is 2. The van der Waals surface area contributed by atoms with E-state index >= 15 is 0 Å². The van der Waals surface area contributed by atoms with Crippen molar-refractivity contribution in [2.24, 2.45) is 4.99 Å². The van der Waals surface area contributed by atoms with Gasteiger partial charge in [-0.1, -0.05) is 47.2 Å². The number of methoxy groups -OCH3 is 1. The highest BCUT2D eigenvalue weighted by Crippen LogP contribution is 2.19. The normalized spacial score (nSPS) is 12.0. The number of thiazole rings is 1. The maximum atomic E-state index is 12.3. The number of halogens is 1. The van der Waals surface area contributed by atoms with Crippen molar-refractivity contribution in [1.29, 1.82) is 0 Å². The molecule has 0 bridgehead atoms. The number of hydrogen-bond donors (Lipinski definition) is 0. The average Bonchev–Trinajstić information content (AvgIpc) is 2.97. The lowest BCUT2D eigenvalue weighted by atomic mass is 10.2. The number of hydrogen-bond acceptors (Lipinski definition) is 4. The van der Waals surface area contributed by atoms with E-state index in [9.17, 15) is 9.59 Å². The Hall–Kier alpha value is -2.70. The highest BCUT2D eigenvalue weighted by atomic mass is 35.5. The zero-order valence-corrected chi connectivity index (χ0v) is 16.4. The molecule has 0 atom stereocenters. The summed E-state index contributed by atoms with van der Waals surface area (Å²) in [6.07, 6.45) is 2.98. The van der Waals surface area contributed by atoms with Crippen molar-refractivity contribution < 1.29 is 14.3 Å². The number of aromatic nitrogens is 1. The highest BCUT2D eigenvalue weighted by Gasteiger charge is 2.11. The molecule has 2 aromatic carbocycles. The van der Waals surface area contributed by atoms with Gasteiger partial charge in [0.2, 0.25) is 0 Å². The molecule has 1 heterocycles. The Morgan fingerprint density at radius 3 is 2.78 bits per heavy atom. The van der Waals surface area contributed by atoms with Gasteiger partial charge in [-0.15, -0.1) is 0 Å². The first-order valence-electron chi connectivity index (χ1n) is 8.16. The molecule has 5 nitrogen and oxygen atoms in total. The fraction of sp³-hybridized carbons (Fsp3) is 0.150. The van der Waals surface area contributed by atoms with Crippen molar-refractivity contribution in [2.45, 2.75) is 13.5 Å². The van der Waals surface area contributed by atoms with Gasteiger partial charge in [0.1, 0.15) is 6.54 Å². The van der Waals surface area contributed by atoms with Crippen molar-refractivity contribution in [3.63, 3.8) is 0 Å². The van der Waals surface area contributed by atoms with E-state index in [2.05, 4.69) is 4.99 Å². The quantitative estimate of drug-likeness (QED) is 0.491. The number of ether oxygens (including phenoxy) is 1. The van der Waals surface area contributed by atoms with E-state index < -0.39 is 11.9 Å². The van der Waals surface area contributed by atoms with E-state index in [0.717, 1.165) is 21.3 Å². The van der Waals surface area contributed by atoms with E-state index in [1.165, 1.54) is 24.5 Å². The number of aryl methyl sites for hydroxylation is 1. The molecule has 138 valence electrons. The molecule has 0 N–H and O–H groups in total. The van der Waals surface area contributed by atoms with Crippen LogP contribution in [0.5, 0.6) is 0 Å². The molecule has 7 heteroatoms. The first-order valence-corrected chi connectivity index (χ1v) is 9.35. The first-order chi connectivity index (χ1) is 13.0. The lowest BCUT2D eigenvalue weighted by Gasteiger charge is -2.03. The second-order valence-electron chi connectivity index (χ2n) is 5.82. The third kappa shape index (κ3) is 4.53. The largest absolute Gasteiger partial charge is 0.468 e. The van der Waals surface area contributed by atoms with E-state index in [1.54, 1.807) is 16.7 Å². The predicted octanol–water partition coefficient (Wildman–Crippen LogP) is 3.98. The van der Waals surface area contributed by atoms with Gasteiger partial charge >= 0.3 is 5.97 Å². The third-order valence-corrected chi connectivity index (χ3v) is 5.26. The summed E-state index contributed by atoms with van der Waals surface area (Å²) in [7, 11) is 1.33. The van der Waals surface area contributed by atoms with Crippen molar-refractivity contribution in [1.82, 2.24) is 4.57 Å². The maximum Gasteiger partial charge on any atom is 0.325 e. The third-order valence-electron chi connectivity index (χ3n) is 3.87. The number of carbonyl (C=O) groups is 2. The number of esters is 1. The maximum absolute atomic E-state index is 12.3. The standard InChI is InChI=1S/C20H17ClN2O3S/c1-13-7-9-16-17(11-13)27-20(23(16)12-19(25)26-2)22-18(24)10-8-14-5-3-4-6-15(14)21/h3-11H,12H2,1-2H3. The van der Waals surface area contributed by atoms with E-state index in [1.807, 2.05) is 43.3 Å². The molecule has 1 aromatic heterocycles. The van der Waals surface area contributed by atoms with Crippen LogP contribution in [0.2, 0.25) is 5.02 Å². The molecule has 1 amide bonds. The molecular weight excluding hydrogens is 384 g/mol. The first kappa shape index (κ1) is 19.1. The Morgan fingerprint density at radius 2 is 2.04 bits per heavy atom. The summed E-state index contributed by atoms with van der Waals surface area (Å²) in [5.41, 5.74) is 2.65. The number of carbonyl (C=O) groups excluding carboxylic acids is 2. The zero-order valence-electron chi connectivity index (χ0n) is 14.8. The second-order valence-corrected chi connectivity index (χ2v) is 7.24. The van der Waals surface area contributed by atoms with Gasteiger partial charge in [0.05, 0.1) is 17.3 Å². The van der Waals surface area contributed by atoms with Crippen molar-refractivity contribution >= 4 is 51.1 Å². The minimum atomic E-state index is -0.434. The van der Waals surface area contributed by atoms with Gasteiger partial charge in [0.15, 0.2) is 4.80 Å². The van der Waals surface area contributed by atoms with Crippen LogP contribution in [0.4, 0.5) is 0 Å². The predicted molar refractivity (Wildman–Crippen MR) is 108 cm³/mol. The van der Waals surface area contributed by atoms with Gasteiger partial charge in [0, 0.05) is 11.1 Å². The molecular formula is C20H17ClN2O3S. The molecule has 0 aliphatic heterocycles. The Labute approximate surface area is 165 Å². The fourth-order valence-corrected chi connectivity index (χ4v) is 3.85. The molecule has 0 saturated carbocycles. The Balaban J connectivity index is 2.01. The number of nitrogens with zero attached hydrogens (tertiary/aromatic N) is 2. The summed E-state index contributed by atoms with van der Waals surface area (Å²) in [6, 6.07) is 13.1. The van der Waals surface area contributed by atoms with Crippen LogP contribution in [0.3, 0.4) is 0 Å². The van der Waals surface area contributed by atoms with Crippen LogP contribution in [-0.2, 0) is 20.9 Å². The average molecular weight is 401 g/mol. The number of rotatable bonds is 4. The number of fused-ring (bicyclic) bond motifs is 1. The van der Waals surface area contributed by atoms with Crippen LogP contribution in [0.25, 0.3) is 16.3 Å². The summed E-state index contributed by atoms with van der Waals surface area (Å²) >= 11 is 7.44. The minimum absolute atomic E-state index is 0.0140. The monoisotopic (exact) mass is 400 g/mol. The molecule has 0 saturated heterocycles. The van der Waals surface area contributed by atoms with Crippen LogP contribution in [-0.4, -0.2) is 23.6 Å². The summed E-state index contributed by atoms with van der Waals surface area (Å²) in [6.45, 7) is 1.97. The Morgan fingerprint density at radius 1 is 1.26 bits per heavy atom. The molecule has 3 rings (SSSR count). The molecule has 27 heavy (non-hydrogen) atoms.